The van der Waals surface area contributed by atoms with Crippen LogP contribution in [-0.4, -0.2) is 21.1 Å². The van der Waals surface area contributed by atoms with E-state index in [2.05, 4.69) is 20.5 Å². The highest BCUT2D eigenvalue weighted by Crippen LogP contribution is 2.21. The predicted octanol–water partition coefficient (Wildman–Crippen LogP) is 1.79. The minimum absolute atomic E-state index is 0.284. The van der Waals surface area contributed by atoms with Crippen molar-refractivity contribution < 1.29 is 4.79 Å². The van der Waals surface area contributed by atoms with Crippen molar-refractivity contribution in [3.63, 3.8) is 0 Å². The Morgan fingerprint density at radius 2 is 2.11 bits per heavy atom. The maximum atomic E-state index is 12.0. The van der Waals surface area contributed by atoms with Crippen molar-refractivity contribution in [3.8, 4) is 0 Å². The van der Waals surface area contributed by atoms with E-state index in [0.717, 1.165) is 10.9 Å². The van der Waals surface area contributed by atoms with Crippen LogP contribution in [-0.2, 0) is 0 Å². The smallest absolute Gasteiger partial charge is 0.274 e. The van der Waals surface area contributed by atoms with Crippen LogP contribution in [0.2, 0.25) is 0 Å². The van der Waals surface area contributed by atoms with Crippen molar-refractivity contribution in [1.82, 2.24) is 15.2 Å². The number of rotatable bonds is 2. The lowest BCUT2D eigenvalue weighted by atomic mass is 10.2. The van der Waals surface area contributed by atoms with Gasteiger partial charge in [0.2, 0.25) is 0 Å². The Labute approximate surface area is 108 Å². The van der Waals surface area contributed by atoms with Gasteiger partial charge < -0.3 is 11.1 Å². The number of hydrogen-bond acceptors (Lipinski definition) is 4. The molecular weight excluding hydrogens is 242 g/mol. The van der Waals surface area contributed by atoms with Crippen LogP contribution in [0.15, 0.2) is 42.7 Å². The van der Waals surface area contributed by atoms with E-state index in [9.17, 15) is 4.79 Å². The van der Waals surface area contributed by atoms with Gasteiger partial charge in [0.05, 0.1) is 29.3 Å². The van der Waals surface area contributed by atoms with Crippen LogP contribution < -0.4 is 11.1 Å². The number of carbonyl (C=O) groups is 1. The zero-order chi connectivity index (χ0) is 13.2. The largest absolute Gasteiger partial charge is 0.397 e. The zero-order valence-electron chi connectivity index (χ0n) is 9.92. The summed E-state index contributed by atoms with van der Waals surface area (Å²) in [6, 6.07) is 8.76. The fourth-order valence-electron chi connectivity index (χ4n) is 1.80. The van der Waals surface area contributed by atoms with Crippen LogP contribution >= 0.6 is 0 Å². The van der Waals surface area contributed by atoms with Crippen LogP contribution in [0.5, 0.6) is 0 Å². The van der Waals surface area contributed by atoms with E-state index in [1.807, 2.05) is 18.2 Å². The van der Waals surface area contributed by atoms with Crippen molar-refractivity contribution >= 4 is 28.2 Å². The van der Waals surface area contributed by atoms with Gasteiger partial charge in [0, 0.05) is 5.39 Å². The number of nitrogens with one attached hydrogen (secondary N) is 2. The summed E-state index contributed by atoms with van der Waals surface area (Å²) in [5, 5.41) is 10.4. The summed E-state index contributed by atoms with van der Waals surface area (Å²) in [5.41, 5.74) is 7.92. The number of carbonyl (C=O) groups excluding carboxylic acids is 1. The van der Waals surface area contributed by atoms with Gasteiger partial charge in [-0.25, -0.2) is 4.98 Å². The number of nitrogens with two attached hydrogens (primary N) is 1. The third-order valence-corrected chi connectivity index (χ3v) is 2.75. The maximum absolute atomic E-state index is 12.0. The van der Waals surface area contributed by atoms with Gasteiger partial charge in [-0.15, -0.1) is 0 Å². The average Bonchev–Trinajstić information content (AvgIpc) is 2.89. The molecule has 1 aromatic carbocycles. The number of H-pyrrole nitrogens is 1. The van der Waals surface area contributed by atoms with Gasteiger partial charge >= 0.3 is 0 Å². The molecule has 0 fully saturated rings. The number of nitrogens with zero attached hydrogens (tertiary/aromatic N) is 2. The molecule has 0 saturated carbocycles. The fraction of sp³-hybridized carbons (Fsp3) is 0. The molecule has 0 aliphatic heterocycles. The first-order valence-corrected chi connectivity index (χ1v) is 5.69. The zero-order valence-corrected chi connectivity index (χ0v) is 9.92. The normalized spacial score (nSPS) is 10.5. The molecule has 2 aromatic heterocycles. The Bertz CT molecular complexity index is 732. The van der Waals surface area contributed by atoms with Crippen molar-refractivity contribution in [2.24, 2.45) is 0 Å². The summed E-state index contributed by atoms with van der Waals surface area (Å²) >= 11 is 0. The number of hydrogen-bond donors (Lipinski definition) is 3. The van der Waals surface area contributed by atoms with Gasteiger partial charge in [-0.1, -0.05) is 6.07 Å². The second kappa shape index (κ2) is 4.41. The summed E-state index contributed by atoms with van der Waals surface area (Å²) in [5.74, 6) is -0.284. The number of fused-ring (bicyclic) bond motifs is 1. The molecule has 3 rings (SSSR count). The SMILES string of the molecule is Nc1ccc(C(=O)Nc2cccc3[nH]ncc23)nc1. The van der Waals surface area contributed by atoms with Gasteiger partial charge in [-0.3, -0.25) is 9.89 Å². The first-order valence-electron chi connectivity index (χ1n) is 5.69. The van der Waals surface area contributed by atoms with E-state index in [0.29, 0.717) is 17.1 Å². The molecular formula is C13H11N5O. The van der Waals surface area contributed by atoms with Crippen LogP contribution in [0, 0.1) is 0 Å². The van der Waals surface area contributed by atoms with Crippen LogP contribution in [0.3, 0.4) is 0 Å². The molecule has 0 radical (unpaired) electrons. The number of nitrogen functional groups attached to an aromatic ring is 1. The second-order valence-corrected chi connectivity index (χ2v) is 4.07. The maximum Gasteiger partial charge on any atom is 0.274 e. The topological polar surface area (TPSA) is 96.7 Å². The summed E-state index contributed by atoms with van der Waals surface area (Å²) in [6.45, 7) is 0. The summed E-state index contributed by atoms with van der Waals surface area (Å²) in [4.78, 5) is 16.0. The van der Waals surface area contributed by atoms with Gasteiger partial charge in [0.15, 0.2) is 0 Å². The van der Waals surface area contributed by atoms with Gasteiger partial charge in [0.1, 0.15) is 5.69 Å². The third-order valence-electron chi connectivity index (χ3n) is 2.75. The molecule has 19 heavy (non-hydrogen) atoms. The van der Waals surface area contributed by atoms with E-state index in [1.54, 1.807) is 18.3 Å². The van der Waals surface area contributed by atoms with E-state index in [4.69, 9.17) is 5.73 Å². The number of amides is 1. The van der Waals surface area contributed by atoms with Gasteiger partial charge in [0.25, 0.3) is 5.91 Å². The summed E-state index contributed by atoms with van der Waals surface area (Å²) < 4.78 is 0. The highest BCUT2D eigenvalue weighted by Gasteiger charge is 2.09. The molecule has 0 unspecified atom stereocenters. The van der Waals surface area contributed by atoms with Crippen molar-refractivity contribution in [2.45, 2.75) is 0 Å². The molecule has 6 nitrogen and oxygen atoms in total. The van der Waals surface area contributed by atoms with E-state index in [-0.39, 0.29) is 5.91 Å². The van der Waals surface area contributed by atoms with Crippen LogP contribution in [0.25, 0.3) is 10.9 Å². The first-order chi connectivity index (χ1) is 9.24. The van der Waals surface area contributed by atoms with Crippen molar-refractivity contribution in [3.05, 3.63) is 48.4 Å². The highest BCUT2D eigenvalue weighted by atomic mass is 16.1. The number of aromatic amines is 1. The Morgan fingerprint density at radius 1 is 1.21 bits per heavy atom. The van der Waals surface area contributed by atoms with Gasteiger partial charge in [-0.2, -0.15) is 5.10 Å². The van der Waals surface area contributed by atoms with Crippen molar-refractivity contribution in [1.29, 1.82) is 0 Å². The fourth-order valence-corrected chi connectivity index (χ4v) is 1.80. The minimum atomic E-state index is -0.284. The molecule has 0 spiro atoms. The molecule has 0 bridgehead atoms. The van der Waals surface area contributed by atoms with Crippen molar-refractivity contribution in [2.75, 3.05) is 11.1 Å². The molecule has 3 aromatic rings. The lowest BCUT2D eigenvalue weighted by Gasteiger charge is -2.05. The lowest BCUT2D eigenvalue weighted by molar-refractivity contribution is 0.102. The standard InChI is InChI=1S/C13H11N5O/c14-8-4-5-12(15-6-8)13(19)17-10-2-1-3-11-9(10)7-16-18-11/h1-7H,14H2,(H,16,18)(H,17,19). The predicted molar refractivity (Wildman–Crippen MR) is 72.7 cm³/mol. The van der Waals surface area contributed by atoms with Gasteiger partial charge in [-0.05, 0) is 24.3 Å². The number of benzene rings is 1. The molecule has 0 aliphatic rings. The highest BCUT2D eigenvalue weighted by molar-refractivity contribution is 6.07. The minimum Gasteiger partial charge on any atom is -0.397 e. The molecule has 6 heteroatoms. The lowest BCUT2D eigenvalue weighted by Crippen LogP contribution is -2.13. The van der Waals surface area contributed by atoms with E-state index in [1.165, 1.54) is 6.20 Å². The number of anilines is 2. The Hall–Kier alpha value is -2.89. The Balaban J connectivity index is 1.90. The monoisotopic (exact) mass is 253 g/mol. The Kier molecular flexibility index (Phi) is 2.60. The summed E-state index contributed by atoms with van der Waals surface area (Å²) in [6.07, 6.45) is 3.12. The Morgan fingerprint density at radius 3 is 2.89 bits per heavy atom. The molecule has 1 amide bonds. The van der Waals surface area contributed by atoms with E-state index < -0.39 is 0 Å². The number of aromatic nitrogens is 3. The quantitative estimate of drug-likeness (QED) is 0.648. The molecule has 0 atom stereocenters. The van der Waals surface area contributed by atoms with E-state index >= 15 is 0 Å². The molecule has 4 N–H and O–H groups in total. The molecule has 94 valence electrons. The first kappa shape index (κ1) is 11.2. The number of pyridine rings is 1. The third kappa shape index (κ3) is 2.11. The van der Waals surface area contributed by atoms with Crippen LogP contribution in [0.1, 0.15) is 10.5 Å². The molecule has 0 aliphatic carbocycles. The second-order valence-electron chi connectivity index (χ2n) is 4.07. The average molecular weight is 253 g/mol. The summed E-state index contributed by atoms with van der Waals surface area (Å²) in [7, 11) is 0. The van der Waals surface area contributed by atoms with Crippen LogP contribution in [0.4, 0.5) is 11.4 Å². The molecule has 0 saturated heterocycles. The molecule has 2 heterocycles.